The lowest BCUT2D eigenvalue weighted by Crippen LogP contribution is -2.49. The molecule has 26 heavy (non-hydrogen) atoms. The minimum atomic E-state index is -0.764. The number of fused-ring (bicyclic) bond motifs is 1. The summed E-state index contributed by atoms with van der Waals surface area (Å²) in [5.74, 6) is -0.266. The standard InChI is InChI=1S/C19H26ClN3O3/c1-19(2,3)16(18(25)26-4)21-17(24)15-13-9-5-6-10-14(13)23(22-15)12-8-7-11-20/h5-6,9-10,16H,7-8,11-12H2,1-4H3,(H,21,24)/t16-/m1/s1. The summed E-state index contributed by atoms with van der Waals surface area (Å²) in [5, 5.41) is 8.03. The molecule has 0 radical (unpaired) electrons. The lowest BCUT2D eigenvalue weighted by Gasteiger charge is -2.28. The normalized spacial score (nSPS) is 12.8. The van der Waals surface area contributed by atoms with Gasteiger partial charge in [0.15, 0.2) is 5.69 Å². The fourth-order valence-electron chi connectivity index (χ4n) is 2.77. The van der Waals surface area contributed by atoms with Crippen molar-refractivity contribution in [1.29, 1.82) is 0 Å². The molecule has 2 rings (SSSR count). The maximum absolute atomic E-state index is 12.9. The number of methoxy groups -OCH3 is 1. The van der Waals surface area contributed by atoms with E-state index in [1.807, 2.05) is 49.7 Å². The first-order chi connectivity index (χ1) is 12.3. The Morgan fingerprint density at radius 3 is 2.58 bits per heavy atom. The largest absolute Gasteiger partial charge is 0.467 e. The number of ether oxygens (including phenoxy) is 1. The fourth-order valence-corrected chi connectivity index (χ4v) is 2.96. The highest BCUT2D eigenvalue weighted by molar-refractivity contribution is 6.17. The van der Waals surface area contributed by atoms with Crippen molar-refractivity contribution in [2.45, 2.75) is 46.2 Å². The molecule has 0 saturated carbocycles. The van der Waals surface area contributed by atoms with Crippen molar-refractivity contribution in [2.24, 2.45) is 5.41 Å². The van der Waals surface area contributed by atoms with Crippen LogP contribution in [0.5, 0.6) is 0 Å². The van der Waals surface area contributed by atoms with Crippen LogP contribution in [0.15, 0.2) is 24.3 Å². The van der Waals surface area contributed by atoms with Crippen LogP contribution in [0.2, 0.25) is 0 Å². The first-order valence-electron chi connectivity index (χ1n) is 8.69. The highest BCUT2D eigenvalue weighted by atomic mass is 35.5. The number of benzene rings is 1. The van der Waals surface area contributed by atoms with Gasteiger partial charge in [-0.05, 0) is 24.3 Å². The number of para-hydroxylation sites is 1. The quantitative estimate of drug-likeness (QED) is 0.454. The molecule has 0 aliphatic heterocycles. The molecule has 1 heterocycles. The maximum atomic E-state index is 12.9. The van der Waals surface area contributed by atoms with Gasteiger partial charge in [-0.25, -0.2) is 4.79 Å². The number of nitrogens with one attached hydrogen (secondary N) is 1. The molecule has 1 aromatic carbocycles. The average Bonchev–Trinajstić information content (AvgIpc) is 2.97. The summed E-state index contributed by atoms with van der Waals surface area (Å²) < 4.78 is 6.66. The summed E-state index contributed by atoms with van der Waals surface area (Å²) in [6.07, 6.45) is 1.76. The van der Waals surface area contributed by atoms with E-state index in [1.165, 1.54) is 7.11 Å². The Labute approximate surface area is 158 Å². The first-order valence-corrected chi connectivity index (χ1v) is 9.23. The second-order valence-electron chi connectivity index (χ2n) is 7.28. The van der Waals surface area contributed by atoms with Crippen molar-refractivity contribution in [1.82, 2.24) is 15.1 Å². The van der Waals surface area contributed by atoms with E-state index < -0.39 is 17.4 Å². The maximum Gasteiger partial charge on any atom is 0.328 e. The summed E-state index contributed by atoms with van der Waals surface area (Å²) >= 11 is 5.75. The number of carbonyl (C=O) groups excluding carboxylic acids is 2. The Morgan fingerprint density at radius 1 is 1.27 bits per heavy atom. The van der Waals surface area contributed by atoms with Gasteiger partial charge in [-0.15, -0.1) is 11.6 Å². The molecule has 2 aromatic rings. The summed E-state index contributed by atoms with van der Waals surface area (Å²) in [5.41, 5.74) is 0.712. The Kier molecular flexibility index (Phi) is 6.64. The average molecular weight is 380 g/mol. The van der Waals surface area contributed by atoms with Gasteiger partial charge >= 0.3 is 5.97 Å². The zero-order valence-corrected chi connectivity index (χ0v) is 16.5. The Morgan fingerprint density at radius 2 is 1.96 bits per heavy atom. The number of nitrogens with zero attached hydrogens (tertiary/aromatic N) is 2. The van der Waals surface area contributed by atoms with E-state index in [-0.39, 0.29) is 5.91 Å². The van der Waals surface area contributed by atoms with E-state index in [9.17, 15) is 9.59 Å². The van der Waals surface area contributed by atoms with Gasteiger partial charge in [-0.2, -0.15) is 5.10 Å². The number of rotatable bonds is 7. The van der Waals surface area contributed by atoms with Crippen molar-refractivity contribution in [3.05, 3.63) is 30.0 Å². The van der Waals surface area contributed by atoms with E-state index in [1.54, 1.807) is 0 Å². The number of aromatic nitrogens is 2. The Balaban J connectivity index is 2.33. The van der Waals surface area contributed by atoms with E-state index in [4.69, 9.17) is 16.3 Å². The molecule has 1 aromatic heterocycles. The zero-order chi connectivity index (χ0) is 19.3. The lowest BCUT2D eigenvalue weighted by molar-refractivity contribution is -0.145. The molecule has 142 valence electrons. The van der Waals surface area contributed by atoms with E-state index in [0.717, 1.165) is 23.7 Å². The van der Waals surface area contributed by atoms with Crippen LogP contribution >= 0.6 is 11.6 Å². The number of carbonyl (C=O) groups is 2. The molecular formula is C19H26ClN3O3. The summed E-state index contributed by atoms with van der Waals surface area (Å²) in [6, 6.07) is 6.81. The third-order valence-electron chi connectivity index (χ3n) is 4.20. The van der Waals surface area contributed by atoms with Gasteiger partial charge < -0.3 is 10.1 Å². The van der Waals surface area contributed by atoms with Gasteiger partial charge in [-0.1, -0.05) is 39.0 Å². The van der Waals surface area contributed by atoms with Crippen molar-refractivity contribution in [3.8, 4) is 0 Å². The fraction of sp³-hybridized carbons (Fsp3) is 0.526. The second-order valence-corrected chi connectivity index (χ2v) is 7.66. The zero-order valence-electron chi connectivity index (χ0n) is 15.7. The molecule has 0 saturated heterocycles. The third-order valence-corrected chi connectivity index (χ3v) is 4.47. The van der Waals surface area contributed by atoms with Gasteiger partial charge in [0.25, 0.3) is 5.91 Å². The second kappa shape index (κ2) is 8.54. The van der Waals surface area contributed by atoms with Gasteiger partial charge in [-0.3, -0.25) is 9.48 Å². The number of amides is 1. The Bertz CT molecular complexity index is 780. The van der Waals surface area contributed by atoms with Crippen LogP contribution in [-0.2, 0) is 16.1 Å². The van der Waals surface area contributed by atoms with Crippen LogP contribution in [0, 0.1) is 5.41 Å². The highest BCUT2D eigenvalue weighted by Crippen LogP contribution is 2.23. The van der Waals surface area contributed by atoms with Crippen molar-refractivity contribution in [3.63, 3.8) is 0 Å². The lowest BCUT2D eigenvalue weighted by atomic mass is 9.86. The van der Waals surface area contributed by atoms with E-state index in [2.05, 4.69) is 10.4 Å². The number of esters is 1. The van der Waals surface area contributed by atoms with Crippen molar-refractivity contribution in [2.75, 3.05) is 13.0 Å². The number of hydrogen-bond acceptors (Lipinski definition) is 4. The van der Waals surface area contributed by atoms with Gasteiger partial charge in [0.2, 0.25) is 0 Å². The molecule has 6 nitrogen and oxygen atoms in total. The molecule has 7 heteroatoms. The Hall–Kier alpha value is -2.08. The molecule has 1 N–H and O–H groups in total. The summed E-state index contributed by atoms with van der Waals surface area (Å²) in [7, 11) is 1.31. The van der Waals surface area contributed by atoms with E-state index in [0.29, 0.717) is 18.1 Å². The number of unbranched alkanes of at least 4 members (excludes halogenated alkanes) is 1. The molecule has 0 spiro atoms. The molecule has 0 bridgehead atoms. The predicted octanol–water partition coefficient (Wildman–Crippen LogP) is 3.37. The highest BCUT2D eigenvalue weighted by Gasteiger charge is 2.34. The minimum Gasteiger partial charge on any atom is -0.467 e. The van der Waals surface area contributed by atoms with Crippen LogP contribution in [0.3, 0.4) is 0 Å². The van der Waals surface area contributed by atoms with Crippen molar-refractivity contribution >= 4 is 34.4 Å². The molecular weight excluding hydrogens is 354 g/mol. The van der Waals surface area contributed by atoms with Crippen LogP contribution in [-0.4, -0.2) is 40.7 Å². The smallest absolute Gasteiger partial charge is 0.328 e. The van der Waals surface area contributed by atoms with E-state index >= 15 is 0 Å². The molecule has 0 unspecified atom stereocenters. The number of aryl methyl sites for hydroxylation is 1. The molecule has 0 fully saturated rings. The monoisotopic (exact) mass is 379 g/mol. The molecule has 1 atom stereocenters. The summed E-state index contributed by atoms with van der Waals surface area (Å²) in [6.45, 7) is 6.30. The predicted molar refractivity (Wildman–Crippen MR) is 102 cm³/mol. The first kappa shape index (κ1) is 20.2. The van der Waals surface area contributed by atoms with Crippen LogP contribution < -0.4 is 5.32 Å². The number of halogens is 1. The SMILES string of the molecule is COC(=O)[C@@H](NC(=O)c1nn(CCCCCl)c2ccccc12)C(C)(C)C. The van der Waals surface area contributed by atoms with Gasteiger partial charge in [0.05, 0.1) is 12.6 Å². The topological polar surface area (TPSA) is 73.2 Å². The third kappa shape index (κ3) is 4.55. The van der Waals surface area contributed by atoms with Crippen LogP contribution in [0.4, 0.5) is 0 Å². The number of alkyl halides is 1. The number of hydrogen-bond donors (Lipinski definition) is 1. The minimum absolute atomic E-state index is 0.310. The molecule has 0 aliphatic carbocycles. The van der Waals surface area contributed by atoms with Gasteiger partial charge in [0.1, 0.15) is 6.04 Å². The van der Waals surface area contributed by atoms with Crippen LogP contribution in [0.1, 0.15) is 44.1 Å². The van der Waals surface area contributed by atoms with Crippen LogP contribution in [0.25, 0.3) is 10.9 Å². The molecule has 0 aliphatic rings. The summed E-state index contributed by atoms with van der Waals surface area (Å²) in [4.78, 5) is 25.0. The molecule has 1 amide bonds. The van der Waals surface area contributed by atoms with Crippen molar-refractivity contribution < 1.29 is 14.3 Å². The van der Waals surface area contributed by atoms with Gasteiger partial charge in [0, 0.05) is 17.8 Å².